The fourth-order valence-corrected chi connectivity index (χ4v) is 4.86. The van der Waals surface area contributed by atoms with Gasteiger partial charge in [0.15, 0.2) is 11.5 Å². The van der Waals surface area contributed by atoms with Crippen LogP contribution >= 0.6 is 11.3 Å². The number of nitrogens with one attached hydrogen (secondary N) is 2. The second-order valence-electron chi connectivity index (χ2n) is 10.1. The Kier molecular flexibility index (Phi) is 10.6. The highest BCUT2D eigenvalue weighted by molar-refractivity contribution is 7.12. The molecule has 11 nitrogen and oxygen atoms in total. The van der Waals surface area contributed by atoms with Gasteiger partial charge in [-0.05, 0) is 49.9 Å². The van der Waals surface area contributed by atoms with Gasteiger partial charge in [-0.3, -0.25) is 19.3 Å². The van der Waals surface area contributed by atoms with Gasteiger partial charge in [-0.25, -0.2) is 0 Å². The topological polar surface area (TPSA) is 125 Å². The molecule has 0 saturated carbocycles. The van der Waals surface area contributed by atoms with E-state index in [1.807, 2.05) is 20.8 Å². The molecule has 0 spiro atoms. The second-order valence-corrected chi connectivity index (χ2v) is 11.0. The minimum Gasteiger partial charge on any atom is -0.497 e. The standard InChI is InChI=1S/C30H37N3O8S/c1-30(2,3)32-29(36)26(18-12-22(39-6)27(41-8)23(13-18)40-7)33(19-14-20(37-4)16-21(15-19)38-5)25(34)17-31-28(35)24-10-9-11-42-24/h9-16,26H,17H2,1-8H3,(H,31,35)(H,32,36)/t26-/m1/s1. The number of nitrogens with zero attached hydrogens (tertiary/aromatic N) is 1. The van der Waals surface area contributed by atoms with Gasteiger partial charge in [0.25, 0.3) is 5.91 Å². The summed E-state index contributed by atoms with van der Waals surface area (Å²) in [5, 5.41) is 7.41. The third-order valence-corrected chi connectivity index (χ3v) is 6.90. The summed E-state index contributed by atoms with van der Waals surface area (Å²) in [5.74, 6) is 0.223. The number of thiophene rings is 1. The average Bonchev–Trinajstić information content (AvgIpc) is 3.51. The van der Waals surface area contributed by atoms with E-state index in [1.165, 1.54) is 51.8 Å². The van der Waals surface area contributed by atoms with Crippen LogP contribution < -0.4 is 39.2 Å². The molecule has 3 amide bonds. The van der Waals surface area contributed by atoms with Crippen LogP contribution in [-0.2, 0) is 9.59 Å². The van der Waals surface area contributed by atoms with Crippen molar-refractivity contribution in [1.82, 2.24) is 10.6 Å². The molecule has 12 heteroatoms. The zero-order chi connectivity index (χ0) is 31.0. The van der Waals surface area contributed by atoms with Gasteiger partial charge >= 0.3 is 0 Å². The number of rotatable bonds is 12. The molecule has 2 aromatic carbocycles. The number of hydrogen-bond acceptors (Lipinski definition) is 9. The largest absolute Gasteiger partial charge is 0.497 e. The lowest BCUT2D eigenvalue weighted by atomic mass is 9.99. The van der Waals surface area contributed by atoms with Crippen molar-refractivity contribution >= 4 is 34.7 Å². The van der Waals surface area contributed by atoms with E-state index >= 15 is 0 Å². The van der Waals surface area contributed by atoms with Gasteiger partial charge in [0.05, 0.1) is 52.7 Å². The number of hydrogen-bond donors (Lipinski definition) is 2. The molecule has 0 saturated heterocycles. The highest BCUT2D eigenvalue weighted by Crippen LogP contribution is 2.42. The van der Waals surface area contributed by atoms with E-state index < -0.39 is 35.8 Å². The summed E-state index contributed by atoms with van der Waals surface area (Å²) in [4.78, 5) is 42.7. The van der Waals surface area contributed by atoms with E-state index in [2.05, 4.69) is 10.6 Å². The van der Waals surface area contributed by atoms with Gasteiger partial charge in [-0.2, -0.15) is 0 Å². The van der Waals surface area contributed by atoms with Crippen LogP contribution in [0.25, 0.3) is 0 Å². The maximum absolute atomic E-state index is 14.1. The Bertz CT molecular complexity index is 1350. The van der Waals surface area contributed by atoms with Gasteiger partial charge < -0.3 is 34.3 Å². The monoisotopic (exact) mass is 599 g/mol. The number of carbonyl (C=O) groups excluding carboxylic acids is 3. The summed E-state index contributed by atoms with van der Waals surface area (Å²) in [6.07, 6.45) is 0. The van der Waals surface area contributed by atoms with Crippen molar-refractivity contribution in [3.05, 3.63) is 58.3 Å². The molecule has 0 bridgehead atoms. The maximum atomic E-state index is 14.1. The van der Waals surface area contributed by atoms with Crippen LogP contribution in [0.3, 0.4) is 0 Å². The van der Waals surface area contributed by atoms with E-state index in [4.69, 9.17) is 23.7 Å². The summed E-state index contributed by atoms with van der Waals surface area (Å²) in [7, 11) is 7.35. The fraction of sp³-hybridized carbons (Fsp3) is 0.367. The first-order valence-corrected chi connectivity index (χ1v) is 13.8. The van der Waals surface area contributed by atoms with E-state index in [1.54, 1.807) is 47.8 Å². The van der Waals surface area contributed by atoms with Crippen LogP contribution in [0.4, 0.5) is 5.69 Å². The number of carbonyl (C=O) groups is 3. The SMILES string of the molecule is COc1cc(OC)cc(N(C(=O)CNC(=O)c2cccs2)[C@@H](C(=O)NC(C)(C)C)c2cc(OC)c(OC)c(OC)c2)c1. The molecule has 0 radical (unpaired) electrons. The molecule has 42 heavy (non-hydrogen) atoms. The van der Waals surface area contributed by atoms with Gasteiger partial charge in [-0.1, -0.05) is 6.07 Å². The van der Waals surface area contributed by atoms with Crippen molar-refractivity contribution in [3.8, 4) is 28.7 Å². The van der Waals surface area contributed by atoms with Crippen LogP contribution in [0, 0.1) is 0 Å². The van der Waals surface area contributed by atoms with Crippen LogP contribution in [0.15, 0.2) is 47.8 Å². The molecule has 0 unspecified atom stereocenters. The van der Waals surface area contributed by atoms with Crippen LogP contribution in [-0.4, -0.2) is 65.4 Å². The van der Waals surface area contributed by atoms with E-state index in [-0.39, 0.29) is 0 Å². The predicted molar refractivity (Wildman–Crippen MR) is 160 cm³/mol. The first kappa shape index (κ1) is 32.1. The zero-order valence-corrected chi connectivity index (χ0v) is 25.8. The van der Waals surface area contributed by atoms with Gasteiger partial charge in [0.2, 0.25) is 17.6 Å². The third kappa shape index (κ3) is 7.64. The molecular weight excluding hydrogens is 562 g/mol. The smallest absolute Gasteiger partial charge is 0.261 e. The van der Waals surface area contributed by atoms with Crippen molar-refractivity contribution in [1.29, 1.82) is 0 Å². The molecule has 2 N–H and O–H groups in total. The Balaban J connectivity index is 2.25. The van der Waals surface area contributed by atoms with Crippen molar-refractivity contribution in [2.24, 2.45) is 0 Å². The van der Waals surface area contributed by atoms with Crippen LogP contribution in [0.2, 0.25) is 0 Å². The van der Waals surface area contributed by atoms with Gasteiger partial charge in [0.1, 0.15) is 17.5 Å². The highest BCUT2D eigenvalue weighted by Gasteiger charge is 2.36. The van der Waals surface area contributed by atoms with Crippen molar-refractivity contribution in [2.45, 2.75) is 32.4 Å². The number of benzene rings is 2. The molecule has 0 aliphatic heterocycles. The van der Waals surface area contributed by atoms with Crippen LogP contribution in [0.5, 0.6) is 28.7 Å². The molecule has 1 atom stereocenters. The number of methoxy groups -OCH3 is 5. The lowest BCUT2D eigenvalue weighted by Gasteiger charge is -2.34. The van der Waals surface area contributed by atoms with E-state index in [0.717, 1.165) is 0 Å². The number of ether oxygens (including phenoxy) is 5. The molecule has 0 aliphatic rings. The fourth-order valence-electron chi connectivity index (χ4n) is 4.22. The Hall–Kier alpha value is -4.45. The number of anilines is 1. The first-order chi connectivity index (χ1) is 20.0. The molecule has 226 valence electrons. The lowest BCUT2D eigenvalue weighted by Crippen LogP contribution is -2.51. The molecule has 3 rings (SSSR count). The van der Waals surface area contributed by atoms with Crippen molar-refractivity contribution in [2.75, 3.05) is 47.0 Å². The van der Waals surface area contributed by atoms with E-state index in [0.29, 0.717) is 44.9 Å². The number of amides is 3. The Morgan fingerprint density at radius 2 is 1.45 bits per heavy atom. The third-order valence-electron chi connectivity index (χ3n) is 6.04. The zero-order valence-electron chi connectivity index (χ0n) is 25.0. The summed E-state index contributed by atoms with van der Waals surface area (Å²) < 4.78 is 27.5. The Morgan fingerprint density at radius 3 is 1.90 bits per heavy atom. The maximum Gasteiger partial charge on any atom is 0.261 e. The Labute approximate surface area is 249 Å². The molecular formula is C30H37N3O8S. The summed E-state index contributed by atoms with van der Waals surface area (Å²) in [6.45, 7) is 5.09. The minimum atomic E-state index is -1.25. The molecule has 0 aliphatic carbocycles. The quantitative estimate of drug-likeness (QED) is 0.317. The molecule has 0 fully saturated rings. The average molecular weight is 600 g/mol. The second kappa shape index (κ2) is 13.9. The normalized spacial score (nSPS) is 11.6. The molecule has 1 aromatic heterocycles. The summed E-state index contributed by atoms with van der Waals surface area (Å²) in [5.41, 5.74) is 0.0137. The predicted octanol–water partition coefficient (Wildman–Crippen LogP) is 4.21. The highest BCUT2D eigenvalue weighted by atomic mass is 32.1. The van der Waals surface area contributed by atoms with Gasteiger partial charge in [-0.15, -0.1) is 11.3 Å². The van der Waals surface area contributed by atoms with Crippen molar-refractivity contribution in [3.63, 3.8) is 0 Å². The van der Waals surface area contributed by atoms with Gasteiger partial charge in [0, 0.05) is 23.7 Å². The lowest BCUT2D eigenvalue weighted by molar-refractivity contribution is -0.127. The Morgan fingerprint density at radius 1 is 0.857 bits per heavy atom. The summed E-state index contributed by atoms with van der Waals surface area (Å²) in [6, 6.07) is 10.2. The summed E-state index contributed by atoms with van der Waals surface area (Å²) >= 11 is 1.25. The van der Waals surface area contributed by atoms with Crippen LogP contribution in [0.1, 0.15) is 42.0 Å². The first-order valence-electron chi connectivity index (χ1n) is 12.9. The minimum absolute atomic E-state index is 0.294. The van der Waals surface area contributed by atoms with E-state index in [9.17, 15) is 14.4 Å². The van der Waals surface area contributed by atoms with Crippen molar-refractivity contribution < 1.29 is 38.1 Å². The molecule has 1 heterocycles. The molecule has 3 aromatic rings.